The fourth-order valence-corrected chi connectivity index (χ4v) is 2.62. The summed E-state index contributed by atoms with van der Waals surface area (Å²) in [6.07, 6.45) is 0. The summed E-state index contributed by atoms with van der Waals surface area (Å²) < 4.78 is 10.7. The molecule has 2 rings (SSSR count). The molecule has 0 saturated carbocycles. The molecule has 10 heteroatoms. The number of rotatable bonds is 11. The number of amides is 4. The molecule has 0 bridgehead atoms. The Morgan fingerprint density at radius 1 is 0.667 bits per heavy atom. The van der Waals surface area contributed by atoms with Gasteiger partial charge in [0.1, 0.15) is 0 Å². The van der Waals surface area contributed by atoms with Gasteiger partial charge in [-0.1, -0.05) is 47.5 Å². The van der Waals surface area contributed by atoms with Gasteiger partial charge >= 0.3 is 12.1 Å². The maximum Gasteiger partial charge on any atom is 0.319 e. The van der Waals surface area contributed by atoms with Gasteiger partial charge in [-0.2, -0.15) is 0 Å². The molecule has 0 aliphatic carbocycles. The van der Waals surface area contributed by atoms with Crippen molar-refractivity contribution in [2.45, 2.75) is 0 Å². The molecule has 2 aromatic carbocycles. The predicted molar refractivity (Wildman–Crippen MR) is 119 cm³/mol. The van der Waals surface area contributed by atoms with E-state index in [0.29, 0.717) is 60.9 Å². The average molecular weight is 455 g/mol. The first kappa shape index (κ1) is 23.8. The minimum absolute atomic E-state index is 0.345. The van der Waals surface area contributed by atoms with Gasteiger partial charge in [-0.25, -0.2) is 9.59 Å². The van der Waals surface area contributed by atoms with E-state index in [1.54, 1.807) is 48.5 Å². The summed E-state index contributed by atoms with van der Waals surface area (Å²) in [4.78, 5) is 23.5. The lowest BCUT2D eigenvalue weighted by atomic mass is 10.3. The minimum atomic E-state index is -0.357. The quantitative estimate of drug-likeness (QED) is 0.385. The van der Waals surface area contributed by atoms with Crippen LogP contribution in [-0.4, -0.2) is 51.6 Å². The standard InChI is InChI=1S/C20H24Cl2N4O4/c21-15-5-1-3-7-17(15)25-19(27)23-9-11-29-13-14-30-12-10-24-20(28)26-18-8-4-2-6-16(18)22/h1-8H,9-14H2,(H2,23,25,27)(H2,24,26,28). The number of hydrogen-bond acceptors (Lipinski definition) is 4. The molecule has 2 aromatic rings. The van der Waals surface area contributed by atoms with E-state index in [1.807, 2.05) is 0 Å². The molecule has 0 aliphatic rings. The number of urea groups is 2. The summed E-state index contributed by atoms with van der Waals surface area (Å²) in [7, 11) is 0. The van der Waals surface area contributed by atoms with Crippen molar-refractivity contribution in [3.05, 3.63) is 58.6 Å². The van der Waals surface area contributed by atoms with Crippen molar-refractivity contribution in [1.29, 1.82) is 0 Å². The minimum Gasteiger partial charge on any atom is -0.377 e. The summed E-state index contributed by atoms with van der Waals surface area (Å²) >= 11 is 11.9. The van der Waals surface area contributed by atoms with E-state index < -0.39 is 0 Å². The SMILES string of the molecule is O=C(NCCOCCOCCNC(=O)Nc1ccccc1Cl)Nc1ccccc1Cl. The summed E-state index contributed by atoms with van der Waals surface area (Å²) in [5.41, 5.74) is 1.08. The van der Waals surface area contributed by atoms with Crippen molar-refractivity contribution in [1.82, 2.24) is 10.6 Å². The topological polar surface area (TPSA) is 101 Å². The van der Waals surface area contributed by atoms with Gasteiger partial charge in [0, 0.05) is 13.1 Å². The number of hydrogen-bond donors (Lipinski definition) is 4. The zero-order valence-corrected chi connectivity index (χ0v) is 17.8. The highest BCUT2D eigenvalue weighted by Gasteiger charge is 2.05. The Labute approximate surface area is 185 Å². The van der Waals surface area contributed by atoms with Gasteiger partial charge in [-0.05, 0) is 24.3 Å². The third-order valence-corrected chi connectivity index (χ3v) is 4.34. The number of para-hydroxylation sites is 2. The Bertz CT molecular complexity index is 755. The average Bonchev–Trinajstić information content (AvgIpc) is 2.73. The van der Waals surface area contributed by atoms with Gasteiger partial charge in [0.25, 0.3) is 0 Å². The molecule has 0 radical (unpaired) electrons. The lowest BCUT2D eigenvalue weighted by Gasteiger charge is -2.10. The molecule has 4 N–H and O–H groups in total. The Kier molecular flexibility index (Phi) is 10.8. The van der Waals surface area contributed by atoms with Crippen LogP contribution in [0.2, 0.25) is 10.0 Å². The molecular weight excluding hydrogens is 431 g/mol. The normalized spacial score (nSPS) is 10.3. The lowest BCUT2D eigenvalue weighted by molar-refractivity contribution is 0.0512. The second kappa shape index (κ2) is 13.7. The van der Waals surface area contributed by atoms with Crippen molar-refractivity contribution in [3.63, 3.8) is 0 Å². The molecular formula is C20H24Cl2N4O4. The summed E-state index contributed by atoms with van der Waals surface area (Å²) in [5, 5.41) is 11.6. The molecule has 0 unspecified atom stereocenters. The summed E-state index contributed by atoms with van der Waals surface area (Å²) in [5.74, 6) is 0. The molecule has 8 nitrogen and oxygen atoms in total. The maximum atomic E-state index is 11.8. The van der Waals surface area contributed by atoms with Crippen LogP contribution in [0.15, 0.2) is 48.5 Å². The van der Waals surface area contributed by atoms with Crippen molar-refractivity contribution >= 4 is 46.6 Å². The third-order valence-electron chi connectivity index (χ3n) is 3.68. The van der Waals surface area contributed by atoms with Crippen LogP contribution in [-0.2, 0) is 9.47 Å². The van der Waals surface area contributed by atoms with Gasteiger partial charge in [-0.3, -0.25) is 0 Å². The van der Waals surface area contributed by atoms with Crippen LogP contribution in [0.4, 0.5) is 21.0 Å². The van der Waals surface area contributed by atoms with Gasteiger partial charge in [0.05, 0.1) is 47.8 Å². The molecule has 0 fully saturated rings. The van der Waals surface area contributed by atoms with Crippen molar-refractivity contribution in [2.75, 3.05) is 50.2 Å². The number of ether oxygens (including phenoxy) is 2. The summed E-state index contributed by atoms with van der Waals surface area (Å²) in [6.45, 7) is 2.13. The van der Waals surface area contributed by atoms with E-state index in [9.17, 15) is 9.59 Å². The Morgan fingerprint density at radius 2 is 1.07 bits per heavy atom. The second-order valence-electron chi connectivity index (χ2n) is 5.95. The predicted octanol–water partition coefficient (Wildman–Crippen LogP) is 3.97. The fraction of sp³-hybridized carbons (Fsp3) is 0.300. The van der Waals surface area contributed by atoms with Gasteiger partial charge in [0.15, 0.2) is 0 Å². The highest BCUT2D eigenvalue weighted by Crippen LogP contribution is 2.20. The highest BCUT2D eigenvalue weighted by atomic mass is 35.5. The molecule has 0 aliphatic heterocycles. The van der Waals surface area contributed by atoms with Crippen LogP contribution < -0.4 is 21.3 Å². The fourth-order valence-electron chi connectivity index (χ4n) is 2.25. The third kappa shape index (κ3) is 9.32. The van der Waals surface area contributed by atoms with E-state index in [-0.39, 0.29) is 12.1 Å². The first-order chi connectivity index (χ1) is 14.6. The van der Waals surface area contributed by atoms with Crippen LogP contribution >= 0.6 is 23.2 Å². The van der Waals surface area contributed by atoms with Gasteiger partial charge in [0.2, 0.25) is 0 Å². The number of carbonyl (C=O) groups is 2. The van der Waals surface area contributed by atoms with Crippen LogP contribution in [0.3, 0.4) is 0 Å². The molecule has 0 saturated heterocycles. The molecule has 162 valence electrons. The van der Waals surface area contributed by atoms with Crippen molar-refractivity contribution in [3.8, 4) is 0 Å². The number of halogens is 2. The number of carbonyl (C=O) groups excluding carboxylic acids is 2. The Morgan fingerprint density at radius 3 is 1.47 bits per heavy atom. The summed E-state index contributed by atoms with van der Waals surface area (Å²) in [6, 6.07) is 13.2. The van der Waals surface area contributed by atoms with Crippen LogP contribution in [0.25, 0.3) is 0 Å². The second-order valence-corrected chi connectivity index (χ2v) is 6.76. The van der Waals surface area contributed by atoms with Crippen LogP contribution in [0.1, 0.15) is 0 Å². The van der Waals surface area contributed by atoms with Gasteiger partial charge in [-0.15, -0.1) is 0 Å². The van der Waals surface area contributed by atoms with E-state index in [4.69, 9.17) is 32.7 Å². The molecule has 0 spiro atoms. The lowest BCUT2D eigenvalue weighted by Crippen LogP contribution is -2.32. The highest BCUT2D eigenvalue weighted by molar-refractivity contribution is 6.34. The van der Waals surface area contributed by atoms with E-state index >= 15 is 0 Å². The zero-order chi connectivity index (χ0) is 21.6. The molecule has 0 aromatic heterocycles. The monoisotopic (exact) mass is 454 g/mol. The Hall–Kier alpha value is -2.52. The van der Waals surface area contributed by atoms with Crippen molar-refractivity contribution in [2.24, 2.45) is 0 Å². The zero-order valence-electron chi connectivity index (χ0n) is 16.3. The molecule has 0 atom stereocenters. The molecule has 30 heavy (non-hydrogen) atoms. The number of nitrogens with one attached hydrogen (secondary N) is 4. The Balaban J connectivity index is 1.42. The van der Waals surface area contributed by atoms with Crippen molar-refractivity contribution < 1.29 is 19.1 Å². The van der Waals surface area contributed by atoms with Crippen LogP contribution in [0.5, 0.6) is 0 Å². The first-order valence-electron chi connectivity index (χ1n) is 9.30. The smallest absolute Gasteiger partial charge is 0.319 e. The van der Waals surface area contributed by atoms with E-state index in [2.05, 4.69) is 21.3 Å². The maximum absolute atomic E-state index is 11.8. The molecule has 4 amide bonds. The molecule has 0 heterocycles. The van der Waals surface area contributed by atoms with E-state index in [0.717, 1.165) is 0 Å². The number of benzene rings is 2. The van der Waals surface area contributed by atoms with E-state index in [1.165, 1.54) is 0 Å². The van der Waals surface area contributed by atoms with Gasteiger partial charge < -0.3 is 30.7 Å². The first-order valence-corrected chi connectivity index (χ1v) is 10.1. The van der Waals surface area contributed by atoms with Crippen LogP contribution in [0, 0.1) is 0 Å². The largest absolute Gasteiger partial charge is 0.377 e. The number of anilines is 2.